The van der Waals surface area contributed by atoms with Crippen LogP contribution in [0, 0.1) is 0 Å². The fraction of sp³-hybridized carbons (Fsp3) is 0.333. The zero-order chi connectivity index (χ0) is 20.9. The van der Waals surface area contributed by atoms with Crippen LogP contribution in [0.25, 0.3) is 11.3 Å². The monoisotopic (exact) mass is 404 g/mol. The van der Waals surface area contributed by atoms with Gasteiger partial charge in [-0.15, -0.1) is 0 Å². The third kappa shape index (κ3) is 4.71. The first-order valence-corrected chi connectivity index (χ1v) is 10.5. The third-order valence-corrected chi connectivity index (χ3v) is 5.72. The lowest BCUT2D eigenvalue weighted by Crippen LogP contribution is -2.36. The molecule has 2 heterocycles. The zero-order valence-electron chi connectivity index (χ0n) is 17.5. The second-order valence-electron chi connectivity index (χ2n) is 7.87. The topological polar surface area (TPSA) is 70.2 Å². The predicted molar refractivity (Wildman–Crippen MR) is 119 cm³/mol. The minimum Gasteiger partial charge on any atom is -0.497 e. The van der Waals surface area contributed by atoms with Gasteiger partial charge in [0.2, 0.25) is 0 Å². The van der Waals surface area contributed by atoms with E-state index in [0.717, 1.165) is 35.8 Å². The fourth-order valence-electron chi connectivity index (χ4n) is 3.92. The maximum absolute atomic E-state index is 12.7. The van der Waals surface area contributed by atoms with Gasteiger partial charge in [-0.05, 0) is 74.3 Å². The van der Waals surface area contributed by atoms with Crippen molar-refractivity contribution in [3.05, 3.63) is 65.9 Å². The van der Waals surface area contributed by atoms with Crippen molar-refractivity contribution in [2.75, 3.05) is 19.0 Å². The number of nitrogens with zero attached hydrogens (tertiary/aromatic N) is 2. The number of piperidine rings is 1. The second-order valence-corrected chi connectivity index (χ2v) is 7.87. The van der Waals surface area contributed by atoms with E-state index in [4.69, 9.17) is 4.74 Å². The average molecular weight is 405 g/mol. The van der Waals surface area contributed by atoms with Crippen LogP contribution >= 0.6 is 0 Å². The molecule has 1 aliphatic heterocycles. The highest BCUT2D eigenvalue weighted by Gasteiger charge is 2.18. The molecule has 6 heteroatoms. The maximum atomic E-state index is 12.7. The summed E-state index contributed by atoms with van der Waals surface area (Å²) in [6, 6.07) is 18.0. The van der Waals surface area contributed by atoms with Crippen molar-refractivity contribution in [1.82, 2.24) is 15.1 Å². The Kier molecular flexibility index (Phi) is 6.14. The number of rotatable bonds is 6. The van der Waals surface area contributed by atoms with Crippen molar-refractivity contribution in [2.24, 2.45) is 0 Å². The number of anilines is 1. The van der Waals surface area contributed by atoms with Crippen molar-refractivity contribution < 1.29 is 9.53 Å². The molecule has 1 aromatic heterocycles. The summed E-state index contributed by atoms with van der Waals surface area (Å²) in [6.45, 7) is 4.35. The number of benzene rings is 2. The van der Waals surface area contributed by atoms with Crippen molar-refractivity contribution in [2.45, 2.75) is 38.8 Å². The molecule has 1 amide bonds. The lowest BCUT2D eigenvalue weighted by atomic mass is 10.0. The highest BCUT2D eigenvalue weighted by Crippen LogP contribution is 2.23. The van der Waals surface area contributed by atoms with Crippen molar-refractivity contribution in [1.29, 1.82) is 0 Å². The third-order valence-electron chi connectivity index (χ3n) is 5.72. The summed E-state index contributed by atoms with van der Waals surface area (Å²) in [5.41, 5.74) is 4.07. The molecule has 1 fully saturated rings. The standard InChI is InChI=1S/C24H28N4O2/c1-17-6-3-4-13-28(17)16-18-7-5-8-20(14-18)25-24(29)23-15-22(26-27-23)19-9-11-21(30-2)12-10-19/h5,7-12,14-15,17H,3-4,6,13,16H2,1-2H3,(H,25,29)(H,26,27). The van der Waals surface area contributed by atoms with Gasteiger partial charge in [0.1, 0.15) is 11.4 Å². The van der Waals surface area contributed by atoms with Gasteiger partial charge in [0.15, 0.2) is 0 Å². The number of H-pyrrole nitrogens is 1. The lowest BCUT2D eigenvalue weighted by Gasteiger charge is -2.33. The Morgan fingerprint density at radius 3 is 2.80 bits per heavy atom. The number of hydrogen-bond donors (Lipinski definition) is 2. The molecule has 1 unspecified atom stereocenters. The van der Waals surface area contributed by atoms with E-state index in [1.54, 1.807) is 13.2 Å². The molecule has 0 radical (unpaired) electrons. The lowest BCUT2D eigenvalue weighted by molar-refractivity contribution is 0.102. The molecule has 2 aromatic carbocycles. The highest BCUT2D eigenvalue weighted by molar-refractivity contribution is 6.03. The maximum Gasteiger partial charge on any atom is 0.273 e. The number of aromatic amines is 1. The number of hydrogen-bond acceptors (Lipinski definition) is 4. The quantitative estimate of drug-likeness (QED) is 0.624. The van der Waals surface area contributed by atoms with E-state index in [-0.39, 0.29) is 5.91 Å². The van der Waals surface area contributed by atoms with Gasteiger partial charge in [0.25, 0.3) is 5.91 Å². The Bertz CT molecular complexity index is 996. The van der Waals surface area contributed by atoms with E-state index in [1.807, 2.05) is 36.4 Å². The summed E-state index contributed by atoms with van der Waals surface area (Å²) in [4.78, 5) is 15.2. The molecule has 0 saturated carbocycles. The van der Waals surface area contributed by atoms with Crippen LogP contribution in [0.3, 0.4) is 0 Å². The minimum absolute atomic E-state index is 0.203. The number of carbonyl (C=O) groups is 1. The normalized spacial score (nSPS) is 16.9. The largest absolute Gasteiger partial charge is 0.497 e. The Labute approximate surface area is 177 Å². The van der Waals surface area contributed by atoms with E-state index in [2.05, 4.69) is 39.5 Å². The van der Waals surface area contributed by atoms with E-state index < -0.39 is 0 Å². The Balaban J connectivity index is 1.42. The fourth-order valence-corrected chi connectivity index (χ4v) is 3.92. The molecule has 6 nitrogen and oxygen atoms in total. The summed E-state index contributed by atoms with van der Waals surface area (Å²) < 4.78 is 5.18. The van der Waals surface area contributed by atoms with Crippen LogP contribution in [-0.2, 0) is 6.54 Å². The zero-order valence-corrected chi connectivity index (χ0v) is 17.5. The first-order valence-electron chi connectivity index (χ1n) is 10.5. The molecule has 0 spiro atoms. The van der Waals surface area contributed by atoms with E-state index >= 15 is 0 Å². The molecule has 1 saturated heterocycles. The van der Waals surface area contributed by atoms with Crippen molar-refractivity contribution in [3.63, 3.8) is 0 Å². The Hall–Kier alpha value is -3.12. The molecular weight excluding hydrogens is 376 g/mol. The van der Waals surface area contributed by atoms with Crippen LogP contribution in [0.2, 0.25) is 0 Å². The number of nitrogens with one attached hydrogen (secondary N) is 2. The number of aromatic nitrogens is 2. The van der Waals surface area contributed by atoms with Gasteiger partial charge < -0.3 is 10.1 Å². The van der Waals surface area contributed by atoms with Crippen LogP contribution in [-0.4, -0.2) is 40.7 Å². The van der Waals surface area contributed by atoms with Gasteiger partial charge in [0, 0.05) is 23.8 Å². The molecule has 4 rings (SSSR count). The minimum atomic E-state index is -0.203. The molecule has 0 bridgehead atoms. The molecule has 2 N–H and O–H groups in total. The average Bonchev–Trinajstić information content (AvgIpc) is 3.26. The van der Waals surface area contributed by atoms with E-state index in [1.165, 1.54) is 24.8 Å². The summed E-state index contributed by atoms with van der Waals surface area (Å²) in [7, 11) is 1.63. The molecule has 30 heavy (non-hydrogen) atoms. The van der Waals surface area contributed by atoms with Crippen LogP contribution in [0.5, 0.6) is 5.75 Å². The summed E-state index contributed by atoms with van der Waals surface area (Å²) in [5, 5.41) is 10.1. The van der Waals surface area contributed by atoms with Crippen molar-refractivity contribution in [3.8, 4) is 17.0 Å². The van der Waals surface area contributed by atoms with Crippen LogP contribution in [0.1, 0.15) is 42.2 Å². The second kappa shape index (κ2) is 9.13. The molecule has 0 aliphatic carbocycles. The number of amides is 1. The number of carbonyl (C=O) groups excluding carboxylic acids is 1. The van der Waals surface area contributed by atoms with Crippen molar-refractivity contribution >= 4 is 11.6 Å². The van der Waals surface area contributed by atoms with Gasteiger partial charge in [-0.2, -0.15) is 5.10 Å². The van der Waals surface area contributed by atoms with Gasteiger partial charge in [0.05, 0.1) is 12.8 Å². The molecular formula is C24H28N4O2. The van der Waals surface area contributed by atoms with Crippen LogP contribution in [0.4, 0.5) is 5.69 Å². The van der Waals surface area contributed by atoms with E-state index in [9.17, 15) is 4.79 Å². The summed E-state index contributed by atoms with van der Waals surface area (Å²) in [5.74, 6) is 0.580. The van der Waals surface area contributed by atoms with Crippen LogP contribution < -0.4 is 10.1 Å². The van der Waals surface area contributed by atoms with Crippen LogP contribution in [0.15, 0.2) is 54.6 Å². The highest BCUT2D eigenvalue weighted by atomic mass is 16.5. The summed E-state index contributed by atoms with van der Waals surface area (Å²) in [6.07, 6.45) is 3.83. The molecule has 156 valence electrons. The van der Waals surface area contributed by atoms with E-state index in [0.29, 0.717) is 11.7 Å². The Morgan fingerprint density at radius 1 is 1.20 bits per heavy atom. The molecule has 1 aliphatic rings. The molecule has 1 atom stereocenters. The number of ether oxygens (including phenoxy) is 1. The van der Waals surface area contributed by atoms with Gasteiger partial charge >= 0.3 is 0 Å². The Morgan fingerprint density at radius 2 is 2.03 bits per heavy atom. The summed E-state index contributed by atoms with van der Waals surface area (Å²) >= 11 is 0. The number of methoxy groups -OCH3 is 1. The van der Waals surface area contributed by atoms with Gasteiger partial charge in [-0.25, -0.2) is 0 Å². The predicted octanol–water partition coefficient (Wildman–Crippen LogP) is 4.71. The van der Waals surface area contributed by atoms with Gasteiger partial charge in [-0.1, -0.05) is 18.6 Å². The smallest absolute Gasteiger partial charge is 0.273 e. The first kappa shape index (κ1) is 20.2. The SMILES string of the molecule is COc1ccc(-c2cc(C(=O)Nc3cccc(CN4CCCCC4C)c3)[nH]n2)cc1. The number of likely N-dealkylation sites (tertiary alicyclic amines) is 1. The molecule has 3 aromatic rings. The first-order chi connectivity index (χ1) is 14.6. The van der Waals surface area contributed by atoms with Gasteiger partial charge in [-0.3, -0.25) is 14.8 Å².